The first kappa shape index (κ1) is 17.5. The molecule has 0 aliphatic carbocycles. The van der Waals surface area contributed by atoms with Crippen molar-refractivity contribution in [3.63, 3.8) is 0 Å². The highest BCUT2D eigenvalue weighted by Gasteiger charge is 2.13. The molecule has 2 aromatic rings. The normalized spacial score (nSPS) is 11.6. The molecule has 126 valence electrons. The Morgan fingerprint density at radius 3 is 2.38 bits per heavy atom. The molecule has 1 unspecified atom stereocenters. The molecular formula is C19H21NO4. The van der Waals surface area contributed by atoms with E-state index in [0.29, 0.717) is 17.0 Å². The molecule has 0 aliphatic rings. The maximum Gasteiger partial charge on any atom is 0.310 e. The molecule has 2 aromatic carbocycles. The van der Waals surface area contributed by atoms with E-state index in [-0.39, 0.29) is 12.5 Å². The van der Waals surface area contributed by atoms with E-state index in [4.69, 9.17) is 9.84 Å². The number of aliphatic carboxylic acids is 1. The lowest BCUT2D eigenvalue weighted by molar-refractivity contribution is -0.138. The molecule has 0 aromatic heterocycles. The molecule has 0 aliphatic heterocycles. The monoisotopic (exact) mass is 327 g/mol. The smallest absolute Gasteiger partial charge is 0.310 e. The molecule has 0 radical (unpaired) electrons. The maximum atomic E-state index is 12.0. The van der Waals surface area contributed by atoms with Crippen LogP contribution in [0.1, 0.15) is 29.5 Å². The van der Waals surface area contributed by atoms with Crippen LogP contribution in [0.25, 0.3) is 0 Å². The Morgan fingerprint density at radius 1 is 1.12 bits per heavy atom. The number of anilines is 1. The molecule has 2 N–H and O–H groups in total. The van der Waals surface area contributed by atoms with Gasteiger partial charge in [0.05, 0.1) is 5.92 Å². The van der Waals surface area contributed by atoms with Crippen LogP contribution in [0.3, 0.4) is 0 Å². The molecule has 0 saturated heterocycles. The number of carboxylic acid groups (broad SMARTS) is 1. The van der Waals surface area contributed by atoms with Crippen molar-refractivity contribution in [3.8, 4) is 5.75 Å². The Bertz CT molecular complexity index is 738. The number of aryl methyl sites for hydroxylation is 2. The molecule has 0 spiro atoms. The second-order valence-electron chi connectivity index (χ2n) is 5.79. The average Bonchev–Trinajstić information content (AvgIpc) is 2.54. The number of carbonyl (C=O) groups excluding carboxylic acids is 1. The van der Waals surface area contributed by atoms with Gasteiger partial charge in [-0.15, -0.1) is 0 Å². The zero-order valence-corrected chi connectivity index (χ0v) is 14.0. The van der Waals surface area contributed by atoms with E-state index in [1.807, 2.05) is 32.0 Å². The summed E-state index contributed by atoms with van der Waals surface area (Å²) in [5, 5.41) is 11.7. The van der Waals surface area contributed by atoms with Crippen LogP contribution in [0.15, 0.2) is 42.5 Å². The largest absolute Gasteiger partial charge is 0.483 e. The first-order valence-corrected chi connectivity index (χ1v) is 7.69. The molecule has 0 bridgehead atoms. The van der Waals surface area contributed by atoms with Gasteiger partial charge in [0.15, 0.2) is 6.61 Å². The zero-order chi connectivity index (χ0) is 17.7. The van der Waals surface area contributed by atoms with Crippen molar-refractivity contribution in [3.05, 3.63) is 59.2 Å². The van der Waals surface area contributed by atoms with E-state index < -0.39 is 11.9 Å². The van der Waals surface area contributed by atoms with Crippen molar-refractivity contribution in [1.29, 1.82) is 0 Å². The van der Waals surface area contributed by atoms with Gasteiger partial charge in [-0.3, -0.25) is 9.59 Å². The van der Waals surface area contributed by atoms with E-state index in [2.05, 4.69) is 5.32 Å². The summed E-state index contributed by atoms with van der Waals surface area (Å²) in [6, 6.07) is 12.5. The van der Waals surface area contributed by atoms with E-state index >= 15 is 0 Å². The summed E-state index contributed by atoms with van der Waals surface area (Å²) in [7, 11) is 0. The number of benzene rings is 2. The molecule has 5 nitrogen and oxygen atoms in total. The van der Waals surface area contributed by atoms with Crippen molar-refractivity contribution >= 4 is 17.6 Å². The van der Waals surface area contributed by atoms with Crippen molar-refractivity contribution < 1.29 is 19.4 Å². The first-order chi connectivity index (χ1) is 11.4. The molecular weight excluding hydrogens is 306 g/mol. The fraction of sp³-hybridized carbons (Fsp3) is 0.263. The van der Waals surface area contributed by atoms with Crippen LogP contribution in [-0.4, -0.2) is 23.6 Å². The predicted molar refractivity (Wildman–Crippen MR) is 92.5 cm³/mol. The summed E-state index contributed by atoms with van der Waals surface area (Å²) in [6.07, 6.45) is 0. The van der Waals surface area contributed by atoms with Crippen LogP contribution in [0.4, 0.5) is 5.69 Å². The van der Waals surface area contributed by atoms with Gasteiger partial charge in [0, 0.05) is 5.69 Å². The van der Waals surface area contributed by atoms with Crippen LogP contribution >= 0.6 is 0 Å². The number of hydrogen-bond donors (Lipinski definition) is 2. The number of rotatable bonds is 6. The summed E-state index contributed by atoms with van der Waals surface area (Å²) in [4.78, 5) is 22.9. The maximum absolute atomic E-state index is 12.0. The van der Waals surface area contributed by atoms with Crippen molar-refractivity contribution in [2.24, 2.45) is 0 Å². The van der Waals surface area contributed by atoms with E-state index in [0.717, 1.165) is 11.1 Å². The Morgan fingerprint density at radius 2 is 1.79 bits per heavy atom. The van der Waals surface area contributed by atoms with Gasteiger partial charge in [0.25, 0.3) is 5.91 Å². The van der Waals surface area contributed by atoms with Crippen LogP contribution < -0.4 is 10.1 Å². The number of carbonyl (C=O) groups is 2. The van der Waals surface area contributed by atoms with Gasteiger partial charge in [-0.25, -0.2) is 0 Å². The fourth-order valence-electron chi connectivity index (χ4n) is 2.30. The standard InChI is InChI=1S/C19H21NO4/c1-12-4-9-17(13(2)10-12)24-11-18(21)20-16-7-5-15(6-8-16)14(3)19(22)23/h4-10,14H,11H2,1-3H3,(H,20,21)(H,22,23). The topological polar surface area (TPSA) is 75.6 Å². The molecule has 0 heterocycles. The quantitative estimate of drug-likeness (QED) is 0.851. The average molecular weight is 327 g/mol. The van der Waals surface area contributed by atoms with Gasteiger partial charge < -0.3 is 15.2 Å². The van der Waals surface area contributed by atoms with Crippen LogP contribution in [0.2, 0.25) is 0 Å². The molecule has 1 amide bonds. The lowest BCUT2D eigenvalue weighted by atomic mass is 10.0. The Hall–Kier alpha value is -2.82. The van der Waals surface area contributed by atoms with E-state index in [1.165, 1.54) is 0 Å². The lowest BCUT2D eigenvalue weighted by Crippen LogP contribution is -2.20. The van der Waals surface area contributed by atoms with Crippen LogP contribution in [0, 0.1) is 13.8 Å². The molecule has 5 heteroatoms. The van der Waals surface area contributed by atoms with Crippen LogP contribution in [-0.2, 0) is 9.59 Å². The summed E-state index contributed by atoms with van der Waals surface area (Å²) in [5.74, 6) is -1.05. The highest BCUT2D eigenvalue weighted by Crippen LogP contribution is 2.20. The number of carboxylic acids is 1. The second kappa shape index (κ2) is 7.64. The Labute approximate surface area is 141 Å². The lowest BCUT2D eigenvalue weighted by Gasteiger charge is -2.11. The SMILES string of the molecule is Cc1ccc(OCC(=O)Nc2ccc(C(C)C(=O)O)cc2)c(C)c1. The highest BCUT2D eigenvalue weighted by molar-refractivity contribution is 5.92. The van der Waals surface area contributed by atoms with Crippen molar-refractivity contribution in [2.75, 3.05) is 11.9 Å². The summed E-state index contributed by atoms with van der Waals surface area (Å²) >= 11 is 0. The van der Waals surface area contributed by atoms with Gasteiger partial charge in [-0.1, -0.05) is 29.8 Å². The molecule has 2 rings (SSSR count). The van der Waals surface area contributed by atoms with Gasteiger partial charge in [-0.05, 0) is 50.1 Å². The predicted octanol–water partition coefficient (Wildman–Crippen LogP) is 3.51. The minimum absolute atomic E-state index is 0.0861. The number of ether oxygens (including phenoxy) is 1. The van der Waals surface area contributed by atoms with Crippen LogP contribution in [0.5, 0.6) is 5.75 Å². The fourth-order valence-corrected chi connectivity index (χ4v) is 2.30. The number of nitrogens with one attached hydrogen (secondary N) is 1. The van der Waals surface area contributed by atoms with Crippen molar-refractivity contribution in [1.82, 2.24) is 0 Å². The Balaban J connectivity index is 1.91. The highest BCUT2D eigenvalue weighted by atomic mass is 16.5. The number of hydrogen-bond acceptors (Lipinski definition) is 3. The Kier molecular flexibility index (Phi) is 5.58. The number of amides is 1. The van der Waals surface area contributed by atoms with E-state index in [9.17, 15) is 9.59 Å². The summed E-state index contributed by atoms with van der Waals surface area (Å²) in [6.45, 7) is 5.46. The third-order valence-electron chi connectivity index (χ3n) is 3.75. The van der Waals surface area contributed by atoms with Gasteiger partial charge in [0.2, 0.25) is 0 Å². The van der Waals surface area contributed by atoms with Gasteiger partial charge >= 0.3 is 5.97 Å². The molecule has 24 heavy (non-hydrogen) atoms. The van der Waals surface area contributed by atoms with E-state index in [1.54, 1.807) is 31.2 Å². The summed E-state index contributed by atoms with van der Waals surface area (Å²) < 4.78 is 5.53. The van der Waals surface area contributed by atoms with Gasteiger partial charge in [-0.2, -0.15) is 0 Å². The van der Waals surface area contributed by atoms with Gasteiger partial charge in [0.1, 0.15) is 5.75 Å². The third kappa shape index (κ3) is 4.59. The molecule has 0 saturated carbocycles. The minimum Gasteiger partial charge on any atom is -0.483 e. The second-order valence-corrected chi connectivity index (χ2v) is 5.79. The molecule has 1 atom stereocenters. The third-order valence-corrected chi connectivity index (χ3v) is 3.75. The molecule has 0 fully saturated rings. The minimum atomic E-state index is -0.881. The summed E-state index contributed by atoms with van der Waals surface area (Å²) in [5.41, 5.74) is 3.41. The first-order valence-electron chi connectivity index (χ1n) is 7.69. The van der Waals surface area contributed by atoms with Crippen molar-refractivity contribution in [2.45, 2.75) is 26.7 Å². The zero-order valence-electron chi connectivity index (χ0n) is 14.0.